The Balaban J connectivity index is 2.33. The van der Waals surface area contributed by atoms with Gasteiger partial charge in [-0.25, -0.2) is 4.79 Å². The van der Waals surface area contributed by atoms with Crippen molar-refractivity contribution in [2.75, 3.05) is 0 Å². The topological polar surface area (TPSA) is 72.5 Å². The molecule has 0 aromatic rings. The lowest BCUT2D eigenvalue weighted by molar-refractivity contribution is -0.161. The minimum absolute atomic E-state index is 0.216. The molecule has 1 amide bonds. The van der Waals surface area contributed by atoms with E-state index in [0.29, 0.717) is 0 Å². The first-order valence-electron chi connectivity index (χ1n) is 5.72. The van der Waals surface area contributed by atoms with Crippen molar-refractivity contribution in [3.63, 3.8) is 0 Å². The zero-order chi connectivity index (χ0) is 12.8. The molecule has 1 rings (SSSR count). The van der Waals surface area contributed by atoms with Crippen LogP contribution in [0, 0.1) is 0 Å². The first-order valence-corrected chi connectivity index (χ1v) is 6.64. The van der Waals surface area contributed by atoms with Crippen molar-refractivity contribution < 1.29 is 19.1 Å². The van der Waals surface area contributed by atoms with Crippen molar-refractivity contribution in [2.45, 2.75) is 49.9 Å². The molecule has 6 heteroatoms. The second-order valence-corrected chi connectivity index (χ2v) is 5.19. The van der Waals surface area contributed by atoms with Crippen LogP contribution in [0.3, 0.4) is 0 Å². The Morgan fingerprint density at radius 2 is 2.18 bits per heavy atom. The molecular formula is C11H16BrNO4. The first kappa shape index (κ1) is 14.2. The Hall–Kier alpha value is -0.910. The van der Waals surface area contributed by atoms with E-state index in [1.165, 1.54) is 0 Å². The van der Waals surface area contributed by atoms with Crippen molar-refractivity contribution in [3.05, 3.63) is 0 Å². The van der Waals surface area contributed by atoms with Crippen LogP contribution in [0.5, 0.6) is 0 Å². The Labute approximate surface area is 108 Å². The number of carbonyl (C=O) groups excluding carboxylic acids is 3. The summed E-state index contributed by atoms with van der Waals surface area (Å²) in [5, 5.41) is 2.46. The van der Waals surface area contributed by atoms with Gasteiger partial charge in [0.25, 0.3) is 0 Å². The molecule has 1 N–H and O–H groups in total. The SMILES string of the molecule is CCCCCC(=O)OC(=O)[C@H]1NC(=O)CC1Br. The summed E-state index contributed by atoms with van der Waals surface area (Å²) in [7, 11) is 0. The van der Waals surface area contributed by atoms with E-state index < -0.39 is 18.0 Å². The number of esters is 2. The molecule has 17 heavy (non-hydrogen) atoms. The molecule has 0 aromatic carbocycles. The summed E-state index contributed by atoms with van der Waals surface area (Å²) in [6.45, 7) is 2.03. The van der Waals surface area contributed by atoms with Gasteiger partial charge in [-0.05, 0) is 6.42 Å². The van der Waals surface area contributed by atoms with Crippen LogP contribution >= 0.6 is 15.9 Å². The van der Waals surface area contributed by atoms with Crippen molar-refractivity contribution in [2.24, 2.45) is 0 Å². The number of nitrogens with one attached hydrogen (secondary N) is 1. The summed E-state index contributed by atoms with van der Waals surface area (Å²) in [6.07, 6.45) is 3.13. The van der Waals surface area contributed by atoms with Crippen molar-refractivity contribution >= 4 is 33.8 Å². The molecule has 0 spiro atoms. The summed E-state index contributed by atoms with van der Waals surface area (Å²) < 4.78 is 4.68. The molecule has 1 saturated heterocycles. The van der Waals surface area contributed by atoms with E-state index in [-0.39, 0.29) is 23.6 Å². The van der Waals surface area contributed by atoms with Crippen LogP contribution < -0.4 is 5.32 Å². The number of hydrogen-bond acceptors (Lipinski definition) is 4. The summed E-state index contributed by atoms with van der Waals surface area (Å²) in [5.41, 5.74) is 0. The number of rotatable bonds is 5. The Morgan fingerprint density at radius 3 is 2.71 bits per heavy atom. The van der Waals surface area contributed by atoms with Gasteiger partial charge in [-0.2, -0.15) is 0 Å². The summed E-state index contributed by atoms with van der Waals surface area (Å²) in [5.74, 6) is -1.42. The number of hydrogen-bond donors (Lipinski definition) is 1. The van der Waals surface area contributed by atoms with Gasteiger partial charge in [-0.1, -0.05) is 35.7 Å². The number of alkyl halides is 1. The van der Waals surface area contributed by atoms with E-state index in [1.54, 1.807) is 0 Å². The quantitative estimate of drug-likeness (QED) is 0.359. The summed E-state index contributed by atoms with van der Waals surface area (Å²) >= 11 is 3.20. The number of halogens is 1. The lowest BCUT2D eigenvalue weighted by Gasteiger charge is -2.11. The second kappa shape index (κ2) is 6.74. The fourth-order valence-electron chi connectivity index (χ4n) is 1.57. The van der Waals surface area contributed by atoms with E-state index in [2.05, 4.69) is 26.0 Å². The maximum atomic E-state index is 11.6. The molecule has 2 atom stereocenters. The van der Waals surface area contributed by atoms with E-state index in [0.717, 1.165) is 19.3 Å². The molecule has 1 fully saturated rings. The predicted octanol–water partition coefficient (Wildman–Crippen LogP) is 1.29. The highest BCUT2D eigenvalue weighted by molar-refractivity contribution is 9.09. The third-order valence-corrected chi connectivity index (χ3v) is 3.36. The fraction of sp³-hybridized carbons (Fsp3) is 0.727. The highest BCUT2D eigenvalue weighted by atomic mass is 79.9. The monoisotopic (exact) mass is 305 g/mol. The van der Waals surface area contributed by atoms with Gasteiger partial charge in [0.15, 0.2) is 0 Å². The molecule has 0 radical (unpaired) electrons. The fourth-order valence-corrected chi connectivity index (χ4v) is 2.21. The highest BCUT2D eigenvalue weighted by Gasteiger charge is 2.37. The molecule has 96 valence electrons. The van der Waals surface area contributed by atoms with Crippen LogP contribution in [0.2, 0.25) is 0 Å². The molecule has 1 aliphatic rings. The molecule has 1 heterocycles. The Kier molecular flexibility index (Phi) is 5.61. The van der Waals surface area contributed by atoms with E-state index in [4.69, 9.17) is 0 Å². The third kappa shape index (κ3) is 4.46. The maximum Gasteiger partial charge on any atom is 0.337 e. The summed E-state index contributed by atoms with van der Waals surface area (Å²) in [4.78, 5) is 33.6. The minimum atomic E-state index is -0.752. The minimum Gasteiger partial charge on any atom is -0.392 e. The standard InChI is InChI=1S/C11H16BrNO4/c1-2-3-4-5-9(15)17-11(16)10-7(12)6-8(14)13-10/h7,10H,2-6H2,1H3,(H,13,14)/t7?,10-/m0/s1. The van der Waals surface area contributed by atoms with E-state index in [9.17, 15) is 14.4 Å². The number of unbranched alkanes of at least 4 members (excludes halogenated alkanes) is 2. The molecule has 5 nitrogen and oxygen atoms in total. The third-order valence-electron chi connectivity index (χ3n) is 2.51. The number of amides is 1. The van der Waals surface area contributed by atoms with Crippen molar-refractivity contribution in [1.29, 1.82) is 0 Å². The molecule has 0 bridgehead atoms. The van der Waals surface area contributed by atoms with Crippen LogP contribution in [0.1, 0.15) is 39.0 Å². The number of ether oxygens (including phenoxy) is 1. The molecule has 0 saturated carbocycles. The smallest absolute Gasteiger partial charge is 0.337 e. The van der Waals surface area contributed by atoms with Gasteiger partial charge in [0.1, 0.15) is 6.04 Å². The zero-order valence-corrected chi connectivity index (χ0v) is 11.3. The Morgan fingerprint density at radius 1 is 1.47 bits per heavy atom. The van der Waals surface area contributed by atoms with Crippen LogP contribution in [0.25, 0.3) is 0 Å². The Bertz CT molecular complexity index is 319. The predicted molar refractivity (Wildman–Crippen MR) is 64.5 cm³/mol. The first-order chi connectivity index (χ1) is 8.04. The van der Waals surface area contributed by atoms with E-state index in [1.807, 2.05) is 6.92 Å². The van der Waals surface area contributed by atoms with E-state index >= 15 is 0 Å². The highest BCUT2D eigenvalue weighted by Crippen LogP contribution is 2.18. The number of carbonyl (C=O) groups is 3. The molecular weight excluding hydrogens is 290 g/mol. The summed E-state index contributed by atoms with van der Waals surface area (Å²) in [6, 6.07) is -0.752. The van der Waals surface area contributed by atoms with Gasteiger partial charge in [0.05, 0.1) is 4.83 Å². The molecule has 1 aliphatic heterocycles. The van der Waals surface area contributed by atoms with Gasteiger partial charge in [0.2, 0.25) is 5.91 Å². The lowest BCUT2D eigenvalue weighted by atomic mass is 10.2. The van der Waals surface area contributed by atoms with Gasteiger partial charge < -0.3 is 10.1 Å². The van der Waals surface area contributed by atoms with Crippen molar-refractivity contribution in [1.82, 2.24) is 5.32 Å². The molecule has 0 aliphatic carbocycles. The van der Waals surface area contributed by atoms with Crippen molar-refractivity contribution in [3.8, 4) is 0 Å². The van der Waals surface area contributed by atoms with Gasteiger partial charge >= 0.3 is 11.9 Å². The van der Waals surface area contributed by atoms with Crippen LogP contribution in [-0.4, -0.2) is 28.7 Å². The largest absolute Gasteiger partial charge is 0.392 e. The van der Waals surface area contributed by atoms with Gasteiger partial charge in [-0.15, -0.1) is 0 Å². The normalized spacial score (nSPS) is 23.3. The van der Waals surface area contributed by atoms with Gasteiger partial charge in [-0.3, -0.25) is 9.59 Å². The molecule has 0 aromatic heterocycles. The van der Waals surface area contributed by atoms with Crippen LogP contribution in [0.4, 0.5) is 0 Å². The second-order valence-electron chi connectivity index (χ2n) is 4.02. The van der Waals surface area contributed by atoms with Gasteiger partial charge in [0, 0.05) is 12.8 Å². The zero-order valence-electron chi connectivity index (χ0n) is 9.70. The average molecular weight is 306 g/mol. The molecule has 1 unspecified atom stereocenters. The average Bonchev–Trinajstić information content (AvgIpc) is 2.58. The maximum absolute atomic E-state index is 11.6. The van der Waals surface area contributed by atoms with Crippen LogP contribution in [-0.2, 0) is 19.1 Å². The lowest BCUT2D eigenvalue weighted by Crippen LogP contribution is -2.39. The van der Waals surface area contributed by atoms with Crippen LogP contribution in [0.15, 0.2) is 0 Å².